The molecule has 0 bridgehead atoms. The number of hydrogen-bond acceptors (Lipinski definition) is 2. The molecule has 1 heterocycles. The number of pyridine rings is 1. The second kappa shape index (κ2) is 7.19. The lowest BCUT2D eigenvalue weighted by Crippen LogP contribution is -2.31. The maximum atomic E-state index is 4.63. The first-order chi connectivity index (χ1) is 9.11. The monoisotopic (exact) mass is 388 g/mol. The van der Waals surface area contributed by atoms with Gasteiger partial charge in [0.15, 0.2) is 0 Å². The predicted molar refractivity (Wildman–Crippen MR) is 87.2 cm³/mol. The summed E-state index contributed by atoms with van der Waals surface area (Å²) in [4.78, 5) is 4.63. The highest BCUT2D eigenvalue weighted by Gasteiger charge is 2.28. The van der Waals surface area contributed by atoms with Crippen molar-refractivity contribution in [3.8, 4) is 0 Å². The SMILES string of the molecule is CCNC(c1ncc(Br)cc1Br)C1CCC(C)CC1. The van der Waals surface area contributed by atoms with Gasteiger partial charge >= 0.3 is 0 Å². The molecule has 0 amide bonds. The Morgan fingerprint density at radius 2 is 2.00 bits per heavy atom. The Morgan fingerprint density at radius 3 is 2.58 bits per heavy atom. The minimum atomic E-state index is 0.375. The van der Waals surface area contributed by atoms with Crippen LogP contribution in [0.4, 0.5) is 0 Å². The Bertz CT molecular complexity index is 415. The van der Waals surface area contributed by atoms with E-state index in [1.54, 1.807) is 0 Å². The zero-order valence-corrected chi connectivity index (χ0v) is 14.8. The molecule has 0 spiro atoms. The normalized spacial score (nSPS) is 25.3. The van der Waals surface area contributed by atoms with E-state index in [1.165, 1.54) is 25.7 Å². The van der Waals surface area contributed by atoms with Gasteiger partial charge in [0.05, 0.1) is 11.7 Å². The predicted octanol–water partition coefficient (Wildman–Crippen LogP) is 5.08. The maximum Gasteiger partial charge on any atom is 0.0718 e. The molecule has 2 rings (SSSR count). The summed E-state index contributed by atoms with van der Waals surface area (Å²) in [6, 6.07) is 2.47. The third-order valence-electron chi connectivity index (χ3n) is 4.09. The van der Waals surface area contributed by atoms with Gasteiger partial charge in [-0.25, -0.2) is 0 Å². The van der Waals surface area contributed by atoms with Crippen LogP contribution in [0.2, 0.25) is 0 Å². The minimum absolute atomic E-state index is 0.375. The topological polar surface area (TPSA) is 24.9 Å². The minimum Gasteiger partial charge on any atom is -0.309 e. The molecule has 1 fully saturated rings. The first-order valence-electron chi connectivity index (χ1n) is 7.16. The summed E-state index contributed by atoms with van der Waals surface area (Å²) in [5, 5.41) is 3.64. The van der Waals surface area contributed by atoms with Crippen LogP contribution in [0.5, 0.6) is 0 Å². The van der Waals surface area contributed by atoms with Crippen LogP contribution in [-0.2, 0) is 0 Å². The van der Waals surface area contributed by atoms with Crippen molar-refractivity contribution >= 4 is 31.9 Å². The Hall–Kier alpha value is 0.0700. The molecule has 1 saturated carbocycles. The Kier molecular flexibility index (Phi) is 5.85. The fourth-order valence-corrected chi connectivity index (χ4v) is 4.21. The number of nitrogens with one attached hydrogen (secondary N) is 1. The lowest BCUT2D eigenvalue weighted by molar-refractivity contribution is 0.230. The number of nitrogens with zero attached hydrogens (tertiary/aromatic N) is 1. The molecule has 1 aliphatic rings. The average molecular weight is 390 g/mol. The van der Waals surface area contributed by atoms with Crippen LogP contribution in [0.15, 0.2) is 21.2 Å². The standard InChI is InChI=1S/C15H22Br2N2/c1-3-18-14(11-6-4-10(2)5-7-11)15-13(17)8-12(16)9-19-15/h8-11,14,18H,3-7H2,1-2H3. The zero-order chi connectivity index (χ0) is 13.8. The molecule has 19 heavy (non-hydrogen) atoms. The largest absolute Gasteiger partial charge is 0.309 e. The number of hydrogen-bond donors (Lipinski definition) is 1. The van der Waals surface area contributed by atoms with Crippen LogP contribution >= 0.6 is 31.9 Å². The van der Waals surface area contributed by atoms with Crippen LogP contribution in [0.1, 0.15) is 51.3 Å². The molecule has 0 radical (unpaired) electrons. The summed E-state index contributed by atoms with van der Waals surface area (Å²) >= 11 is 7.14. The van der Waals surface area contributed by atoms with Gasteiger partial charge in [-0.15, -0.1) is 0 Å². The van der Waals surface area contributed by atoms with Gasteiger partial charge in [0.25, 0.3) is 0 Å². The van der Waals surface area contributed by atoms with Crippen molar-refractivity contribution in [2.24, 2.45) is 11.8 Å². The van der Waals surface area contributed by atoms with Crippen LogP contribution < -0.4 is 5.32 Å². The Morgan fingerprint density at radius 1 is 1.32 bits per heavy atom. The first-order valence-corrected chi connectivity index (χ1v) is 8.74. The van der Waals surface area contributed by atoms with E-state index in [0.29, 0.717) is 12.0 Å². The molecular formula is C15H22Br2N2. The van der Waals surface area contributed by atoms with Crippen LogP contribution in [-0.4, -0.2) is 11.5 Å². The van der Waals surface area contributed by atoms with Crippen molar-refractivity contribution < 1.29 is 0 Å². The van der Waals surface area contributed by atoms with Crippen LogP contribution in [0, 0.1) is 11.8 Å². The number of halogens is 2. The van der Waals surface area contributed by atoms with Gasteiger partial charge in [-0.05, 0) is 69.1 Å². The molecule has 2 nitrogen and oxygen atoms in total. The van der Waals surface area contributed by atoms with E-state index < -0.39 is 0 Å². The zero-order valence-electron chi connectivity index (χ0n) is 11.6. The van der Waals surface area contributed by atoms with Gasteiger partial charge in [0, 0.05) is 15.1 Å². The fraction of sp³-hybridized carbons (Fsp3) is 0.667. The molecule has 1 N–H and O–H groups in total. The van der Waals surface area contributed by atoms with Crippen molar-refractivity contribution in [3.63, 3.8) is 0 Å². The van der Waals surface area contributed by atoms with Gasteiger partial charge in [0.1, 0.15) is 0 Å². The van der Waals surface area contributed by atoms with Crippen molar-refractivity contribution in [1.29, 1.82) is 0 Å². The van der Waals surface area contributed by atoms with Crippen molar-refractivity contribution in [2.45, 2.75) is 45.6 Å². The molecule has 0 aromatic carbocycles. The quantitative estimate of drug-likeness (QED) is 0.776. The molecule has 0 aliphatic heterocycles. The van der Waals surface area contributed by atoms with Crippen molar-refractivity contribution in [2.75, 3.05) is 6.54 Å². The lowest BCUT2D eigenvalue weighted by Gasteiger charge is -2.33. The second-order valence-electron chi connectivity index (χ2n) is 5.58. The summed E-state index contributed by atoms with van der Waals surface area (Å²) < 4.78 is 2.13. The maximum absolute atomic E-state index is 4.63. The highest BCUT2D eigenvalue weighted by molar-refractivity contribution is 9.11. The highest BCUT2D eigenvalue weighted by atomic mass is 79.9. The number of rotatable bonds is 4. The van der Waals surface area contributed by atoms with Gasteiger partial charge in [0.2, 0.25) is 0 Å². The molecule has 1 aliphatic carbocycles. The third-order valence-corrected chi connectivity index (χ3v) is 5.16. The fourth-order valence-electron chi connectivity index (χ4n) is 2.98. The summed E-state index contributed by atoms with van der Waals surface area (Å²) in [6.45, 7) is 5.53. The molecule has 1 aromatic rings. The van der Waals surface area contributed by atoms with Gasteiger partial charge < -0.3 is 5.32 Å². The van der Waals surface area contributed by atoms with Crippen molar-refractivity contribution in [3.05, 3.63) is 26.9 Å². The average Bonchev–Trinajstić information content (AvgIpc) is 2.38. The summed E-state index contributed by atoms with van der Waals surface area (Å²) in [5.41, 5.74) is 1.16. The Labute approximate surface area is 133 Å². The van der Waals surface area contributed by atoms with E-state index in [4.69, 9.17) is 0 Å². The first kappa shape index (κ1) is 15.5. The van der Waals surface area contributed by atoms with E-state index in [1.807, 2.05) is 6.20 Å². The molecule has 1 atom stereocenters. The molecular weight excluding hydrogens is 368 g/mol. The molecule has 4 heteroatoms. The number of aromatic nitrogens is 1. The lowest BCUT2D eigenvalue weighted by atomic mass is 9.78. The second-order valence-corrected chi connectivity index (χ2v) is 7.35. The van der Waals surface area contributed by atoms with Gasteiger partial charge in [-0.3, -0.25) is 4.98 Å². The Balaban J connectivity index is 2.19. The van der Waals surface area contributed by atoms with Crippen LogP contribution in [0.25, 0.3) is 0 Å². The smallest absolute Gasteiger partial charge is 0.0718 e. The van der Waals surface area contributed by atoms with Gasteiger partial charge in [-0.2, -0.15) is 0 Å². The third kappa shape index (κ3) is 4.02. The summed E-state index contributed by atoms with van der Waals surface area (Å²) in [5.74, 6) is 1.60. The van der Waals surface area contributed by atoms with E-state index in [-0.39, 0.29) is 0 Å². The van der Waals surface area contributed by atoms with E-state index in [2.05, 4.69) is 62.1 Å². The van der Waals surface area contributed by atoms with Crippen LogP contribution in [0.3, 0.4) is 0 Å². The van der Waals surface area contributed by atoms with E-state index in [9.17, 15) is 0 Å². The molecule has 0 saturated heterocycles. The van der Waals surface area contributed by atoms with E-state index in [0.717, 1.165) is 27.1 Å². The highest BCUT2D eigenvalue weighted by Crippen LogP contribution is 2.38. The molecule has 106 valence electrons. The molecule has 1 aromatic heterocycles. The summed E-state index contributed by atoms with van der Waals surface area (Å²) in [6.07, 6.45) is 7.21. The van der Waals surface area contributed by atoms with Gasteiger partial charge in [-0.1, -0.05) is 26.7 Å². The summed E-state index contributed by atoms with van der Waals surface area (Å²) in [7, 11) is 0. The van der Waals surface area contributed by atoms with E-state index >= 15 is 0 Å². The van der Waals surface area contributed by atoms with Crippen molar-refractivity contribution in [1.82, 2.24) is 10.3 Å². The molecule has 1 unspecified atom stereocenters.